The molecule has 4 nitrogen and oxygen atoms in total. The lowest BCUT2D eigenvalue weighted by Crippen LogP contribution is -2.42. The third kappa shape index (κ3) is 4.70. The fourth-order valence-electron chi connectivity index (χ4n) is 2.26. The molecule has 1 aliphatic heterocycles. The molecule has 2 rings (SSSR count). The number of benzene rings is 1. The molecule has 1 aromatic carbocycles. The summed E-state index contributed by atoms with van der Waals surface area (Å²) in [7, 11) is 0. The highest BCUT2D eigenvalue weighted by Crippen LogP contribution is 2.32. The van der Waals surface area contributed by atoms with E-state index in [1.807, 2.05) is 0 Å². The summed E-state index contributed by atoms with van der Waals surface area (Å²) in [5.41, 5.74) is 5.92. The Bertz CT molecular complexity index is 531. The number of hydrogen-bond donors (Lipinski definition) is 1. The number of halogens is 4. The normalized spacial score (nSPS) is 18.0. The molecule has 0 radical (unpaired) electrons. The summed E-state index contributed by atoms with van der Waals surface area (Å²) in [6.45, 7) is 1.74. The van der Waals surface area contributed by atoms with Gasteiger partial charge in [0.15, 0.2) is 0 Å². The second-order valence-electron chi connectivity index (χ2n) is 4.88. The van der Waals surface area contributed by atoms with E-state index in [2.05, 4.69) is 0 Å². The van der Waals surface area contributed by atoms with Crippen molar-refractivity contribution in [2.45, 2.75) is 18.9 Å². The topological polar surface area (TPSA) is 55.6 Å². The predicted molar refractivity (Wildman–Crippen MR) is 87.2 cm³/mol. The summed E-state index contributed by atoms with van der Waals surface area (Å²) >= 11 is 11.8. The summed E-state index contributed by atoms with van der Waals surface area (Å²) in [4.78, 5) is 13.7. The number of hydrogen-bond acceptors (Lipinski definition) is 3. The van der Waals surface area contributed by atoms with E-state index in [0.717, 1.165) is 0 Å². The van der Waals surface area contributed by atoms with Crippen LogP contribution >= 0.6 is 35.6 Å². The quantitative estimate of drug-likeness (QED) is 0.827. The van der Waals surface area contributed by atoms with Crippen molar-refractivity contribution in [3.63, 3.8) is 0 Å². The van der Waals surface area contributed by atoms with Crippen LogP contribution in [0.25, 0.3) is 0 Å². The number of carbonyl (C=O) groups is 1. The van der Waals surface area contributed by atoms with Gasteiger partial charge in [0.25, 0.3) is 0 Å². The Morgan fingerprint density at radius 3 is 2.82 bits per heavy atom. The summed E-state index contributed by atoms with van der Waals surface area (Å²) in [5.74, 6) is -0.523. The maximum atomic E-state index is 13.6. The Kier molecular flexibility index (Phi) is 7.86. The fourth-order valence-corrected chi connectivity index (χ4v) is 2.76. The van der Waals surface area contributed by atoms with Gasteiger partial charge in [-0.05, 0) is 25.1 Å². The molecule has 1 atom stereocenters. The monoisotopic (exact) mass is 370 g/mol. The smallest absolute Gasteiger partial charge is 0.222 e. The van der Waals surface area contributed by atoms with Gasteiger partial charge in [0.2, 0.25) is 5.91 Å². The van der Waals surface area contributed by atoms with Gasteiger partial charge in [0.1, 0.15) is 11.9 Å². The van der Waals surface area contributed by atoms with E-state index in [0.29, 0.717) is 49.7 Å². The van der Waals surface area contributed by atoms with Crippen LogP contribution in [0.1, 0.15) is 24.5 Å². The van der Waals surface area contributed by atoms with Crippen LogP contribution in [0.4, 0.5) is 4.39 Å². The zero-order valence-corrected chi connectivity index (χ0v) is 14.2. The molecule has 124 valence electrons. The second kappa shape index (κ2) is 8.89. The van der Waals surface area contributed by atoms with Crippen LogP contribution in [-0.4, -0.2) is 37.0 Å². The molecule has 0 aliphatic carbocycles. The molecule has 22 heavy (non-hydrogen) atoms. The third-order valence-corrected chi connectivity index (χ3v) is 4.02. The Hall–Kier alpha value is -0.590. The van der Waals surface area contributed by atoms with Crippen molar-refractivity contribution < 1.29 is 13.9 Å². The van der Waals surface area contributed by atoms with Crippen molar-refractivity contribution in [1.82, 2.24) is 4.90 Å². The minimum atomic E-state index is -0.550. The van der Waals surface area contributed by atoms with Gasteiger partial charge < -0.3 is 15.4 Å². The molecule has 1 saturated heterocycles. The zero-order chi connectivity index (χ0) is 15.4. The van der Waals surface area contributed by atoms with Crippen LogP contribution in [-0.2, 0) is 9.53 Å². The molecular weight excluding hydrogens is 354 g/mol. The molecular formula is C14H18Cl3FN2O2. The molecule has 1 unspecified atom stereocenters. The lowest BCUT2D eigenvalue weighted by molar-refractivity contribution is -0.139. The second-order valence-corrected chi connectivity index (χ2v) is 5.69. The van der Waals surface area contributed by atoms with Gasteiger partial charge in [-0.1, -0.05) is 23.2 Å². The van der Waals surface area contributed by atoms with Crippen LogP contribution in [0.2, 0.25) is 10.0 Å². The molecule has 1 fully saturated rings. The molecule has 2 N–H and O–H groups in total. The lowest BCUT2D eigenvalue weighted by Gasteiger charge is -2.33. The van der Waals surface area contributed by atoms with Gasteiger partial charge in [-0.3, -0.25) is 4.79 Å². The first kappa shape index (κ1) is 19.5. The van der Waals surface area contributed by atoms with E-state index in [-0.39, 0.29) is 23.3 Å². The molecule has 1 heterocycles. The number of rotatable bonds is 4. The van der Waals surface area contributed by atoms with Gasteiger partial charge in [-0.15, -0.1) is 12.4 Å². The van der Waals surface area contributed by atoms with Gasteiger partial charge >= 0.3 is 0 Å². The number of nitrogens with two attached hydrogens (primary N) is 1. The Morgan fingerprint density at radius 1 is 1.41 bits per heavy atom. The van der Waals surface area contributed by atoms with Crippen LogP contribution in [0, 0.1) is 5.82 Å². The first-order valence-electron chi connectivity index (χ1n) is 6.76. The molecule has 8 heteroatoms. The number of carbonyl (C=O) groups excluding carboxylic acids is 1. The van der Waals surface area contributed by atoms with E-state index in [1.165, 1.54) is 12.1 Å². The van der Waals surface area contributed by atoms with Crippen molar-refractivity contribution in [2.75, 3.05) is 26.2 Å². The predicted octanol–water partition coefficient (Wildman–Crippen LogP) is 3.19. The molecule has 1 amide bonds. The fraction of sp³-hybridized carbons (Fsp3) is 0.500. The Balaban J connectivity index is 0.00000242. The summed E-state index contributed by atoms with van der Waals surface area (Å²) in [6.07, 6.45) is 0.614. The number of morpholine rings is 1. The summed E-state index contributed by atoms with van der Waals surface area (Å²) < 4.78 is 19.2. The standard InChI is InChI=1S/C14H17Cl2FN2O2.ClH/c15-10-7-11(16)12(17)6-9(10)13-8-19(4-5-21-13)14(20)2-1-3-18;/h6-7,13H,1-5,8,18H2;1H. The Morgan fingerprint density at radius 2 is 2.14 bits per heavy atom. The van der Waals surface area contributed by atoms with Gasteiger partial charge in [0.05, 0.1) is 18.2 Å². The number of nitrogens with zero attached hydrogens (tertiary/aromatic N) is 1. The largest absolute Gasteiger partial charge is 0.370 e. The average molecular weight is 372 g/mol. The van der Waals surface area contributed by atoms with Gasteiger partial charge in [-0.25, -0.2) is 4.39 Å². The minimum absolute atomic E-state index is 0. The van der Waals surface area contributed by atoms with Crippen molar-refractivity contribution >= 4 is 41.5 Å². The molecule has 0 saturated carbocycles. The van der Waals surface area contributed by atoms with Crippen molar-refractivity contribution in [3.05, 3.63) is 33.6 Å². The lowest BCUT2D eigenvalue weighted by atomic mass is 10.1. The SMILES string of the molecule is Cl.NCCCC(=O)N1CCOC(c2cc(F)c(Cl)cc2Cl)C1. The van der Waals surface area contributed by atoms with Gasteiger partial charge in [-0.2, -0.15) is 0 Å². The van der Waals surface area contributed by atoms with Crippen molar-refractivity contribution in [2.24, 2.45) is 5.73 Å². The molecule has 1 aliphatic rings. The first-order valence-corrected chi connectivity index (χ1v) is 7.52. The molecule has 1 aromatic rings. The highest BCUT2D eigenvalue weighted by molar-refractivity contribution is 6.35. The number of amides is 1. The van der Waals surface area contributed by atoms with Crippen LogP contribution < -0.4 is 5.73 Å². The van der Waals surface area contributed by atoms with Crippen LogP contribution in [0.3, 0.4) is 0 Å². The van der Waals surface area contributed by atoms with E-state index in [4.69, 9.17) is 33.7 Å². The van der Waals surface area contributed by atoms with E-state index < -0.39 is 11.9 Å². The Labute approximate surface area is 145 Å². The third-order valence-electron chi connectivity index (χ3n) is 3.40. The molecule has 0 spiro atoms. The maximum Gasteiger partial charge on any atom is 0.222 e. The maximum absolute atomic E-state index is 13.6. The van der Waals surface area contributed by atoms with Crippen LogP contribution in [0.15, 0.2) is 12.1 Å². The number of ether oxygens (including phenoxy) is 1. The average Bonchev–Trinajstić information content (AvgIpc) is 2.48. The van der Waals surface area contributed by atoms with Crippen molar-refractivity contribution in [3.8, 4) is 0 Å². The molecule has 0 bridgehead atoms. The zero-order valence-electron chi connectivity index (χ0n) is 11.9. The highest BCUT2D eigenvalue weighted by atomic mass is 35.5. The molecule has 0 aromatic heterocycles. The summed E-state index contributed by atoms with van der Waals surface area (Å²) in [6, 6.07) is 2.62. The van der Waals surface area contributed by atoms with Gasteiger partial charge in [0, 0.05) is 23.6 Å². The highest BCUT2D eigenvalue weighted by Gasteiger charge is 2.27. The van der Waals surface area contributed by atoms with E-state index >= 15 is 0 Å². The first-order chi connectivity index (χ1) is 10.0. The van der Waals surface area contributed by atoms with Crippen molar-refractivity contribution in [1.29, 1.82) is 0 Å². The van der Waals surface area contributed by atoms with E-state index in [9.17, 15) is 9.18 Å². The summed E-state index contributed by atoms with van der Waals surface area (Å²) in [5, 5.41) is 0.304. The van der Waals surface area contributed by atoms with E-state index in [1.54, 1.807) is 4.90 Å². The minimum Gasteiger partial charge on any atom is -0.370 e. The van der Waals surface area contributed by atoms with Crippen LogP contribution in [0.5, 0.6) is 0 Å².